The predicted octanol–water partition coefficient (Wildman–Crippen LogP) is 1.73. The minimum atomic E-state index is -0.227. The molecule has 0 atom stereocenters. The molecule has 6 nitrogen and oxygen atoms in total. The molecule has 0 aliphatic carbocycles. The summed E-state index contributed by atoms with van der Waals surface area (Å²) >= 11 is 0. The van der Waals surface area contributed by atoms with Crippen LogP contribution in [0.2, 0.25) is 0 Å². The van der Waals surface area contributed by atoms with E-state index >= 15 is 0 Å². The van der Waals surface area contributed by atoms with Crippen LogP contribution in [0.15, 0.2) is 41.3 Å². The van der Waals surface area contributed by atoms with Crippen molar-refractivity contribution in [3.8, 4) is 0 Å². The SMILES string of the molecule is Cn1ccc2c(=O)[nH]c(N3CCN(c4cccc(F)c4)CC3)nc21. The molecule has 124 valence electrons. The Morgan fingerprint density at radius 1 is 1.12 bits per heavy atom. The average molecular weight is 327 g/mol. The van der Waals surface area contributed by atoms with E-state index in [1.54, 1.807) is 18.2 Å². The van der Waals surface area contributed by atoms with E-state index in [-0.39, 0.29) is 11.4 Å². The van der Waals surface area contributed by atoms with Crippen LogP contribution in [0, 0.1) is 5.82 Å². The molecule has 3 aromatic rings. The highest BCUT2D eigenvalue weighted by Crippen LogP contribution is 2.19. The van der Waals surface area contributed by atoms with Crippen molar-refractivity contribution in [2.45, 2.75) is 0 Å². The first-order valence-corrected chi connectivity index (χ1v) is 7.92. The summed E-state index contributed by atoms with van der Waals surface area (Å²) < 4.78 is 15.2. The fraction of sp³-hybridized carbons (Fsp3) is 0.294. The Kier molecular flexibility index (Phi) is 3.48. The number of benzene rings is 1. The summed E-state index contributed by atoms with van der Waals surface area (Å²) in [6, 6.07) is 8.40. The fourth-order valence-corrected chi connectivity index (χ4v) is 3.13. The Balaban J connectivity index is 1.56. The summed E-state index contributed by atoms with van der Waals surface area (Å²) in [4.78, 5) is 23.8. The second kappa shape index (κ2) is 5.67. The van der Waals surface area contributed by atoms with Gasteiger partial charge >= 0.3 is 0 Å². The lowest BCUT2D eigenvalue weighted by Crippen LogP contribution is -2.47. The van der Waals surface area contributed by atoms with Gasteiger partial charge in [0.2, 0.25) is 5.95 Å². The molecule has 0 saturated carbocycles. The monoisotopic (exact) mass is 327 g/mol. The third-order valence-corrected chi connectivity index (χ3v) is 4.47. The summed E-state index contributed by atoms with van der Waals surface area (Å²) in [6.45, 7) is 2.93. The van der Waals surface area contributed by atoms with Crippen LogP contribution in [0.1, 0.15) is 0 Å². The minimum absolute atomic E-state index is 0.122. The maximum Gasteiger partial charge on any atom is 0.261 e. The fourth-order valence-electron chi connectivity index (χ4n) is 3.13. The van der Waals surface area contributed by atoms with Crippen LogP contribution in [-0.2, 0) is 7.05 Å². The molecule has 0 amide bonds. The minimum Gasteiger partial charge on any atom is -0.368 e. The molecular weight excluding hydrogens is 309 g/mol. The zero-order valence-corrected chi connectivity index (χ0v) is 13.4. The second-order valence-corrected chi connectivity index (χ2v) is 6.01. The molecular formula is C17H18FN5O. The molecule has 4 rings (SSSR count). The van der Waals surface area contributed by atoms with Crippen molar-refractivity contribution in [3.05, 3.63) is 52.7 Å². The molecule has 7 heteroatoms. The summed E-state index contributed by atoms with van der Waals surface area (Å²) in [5.41, 5.74) is 1.44. The van der Waals surface area contributed by atoms with Crippen LogP contribution in [-0.4, -0.2) is 40.7 Å². The number of aromatic amines is 1. The topological polar surface area (TPSA) is 57.2 Å². The van der Waals surface area contributed by atoms with E-state index in [9.17, 15) is 9.18 Å². The molecule has 1 aliphatic heterocycles. The van der Waals surface area contributed by atoms with E-state index in [4.69, 9.17) is 0 Å². The van der Waals surface area contributed by atoms with Gasteiger partial charge in [0.25, 0.3) is 5.56 Å². The quantitative estimate of drug-likeness (QED) is 0.779. The molecule has 2 aromatic heterocycles. The van der Waals surface area contributed by atoms with Gasteiger partial charge in [0.05, 0.1) is 5.39 Å². The number of hydrogen-bond donors (Lipinski definition) is 1. The van der Waals surface area contributed by atoms with Gasteiger partial charge in [0.15, 0.2) is 0 Å². The lowest BCUT2D eigenvalue weighted by Gasteiger charge is -2.36. The van der Waals surface area contributed by atoms with E-state index in [2.05, 4.69) is 19.8 Å². The Hall–Kier alpha value is -2.83. The van der Waals surface area contributed by atoms with Crippen LogP contribution < -0.4 is 15.4 Å². The first kappa shape index (κ1) is 14.7. The Morgan fingerprint density at radius 3 is 2.62 bits per heavy atom. The number of hydrogen-bond acceptors (Lipinski definition) is 4. The van der Waals surface area contributed by atoms with Gasteiger partial charge in [-0.2, -0.15) is 4.98 Å². The van der Waals surface area contributed by atoms with Crippen molar-refractivity contribution < 1.29 is 4.39 Å². The number of H-pyrrole nitrogens is 1. The van der Waals surface area contributed by atoms with E-state index in [0.29, 0.717) is 17.0 Å². The Bertz CT molecular complexity index is 940. The highest BCUT2D eigenvalue weighted by Gasteiger charge is 2.20. The molecule has 3 heterocycles. The van der Waals surface area contributed by atoms with Gasteiger partial charge in [-0.05, 0) is 24.3 Å². The smallest absolute Gasteiger partial charge is 0.261 e. The highest BCUT2D eigenvalue weighted by atomic mass is 19.1. The van der Waals surface area contributed by atoms with Crippen molar-refractivity contribution >= 4 is 22.7 Å². The lowest BCUT2D eigenvalue weighted by molar-refractivity contribution is 0.617. The molecule has 0 spiro atoms. The highest BCUT2D eigenvalue weighted by molar-refractivity contribution is 5.76. The van der Waals surface area contributed by atoms with E-state index in [1.165, 1.54) is 6.07 Å². The van der Waals surface area contributed by atoms with Gasteiger partial charge < -0.3 is 14.4 Å². The van der Waals surface area contributed by atoms with Crippen LogP contribution in [0.25, 0.3) is 11.0 Å². The van der Waals surface area contributed by atoms with E-state index < -0.39 is 0 Å². The maximum atomic E-state index is 13.4. The first-order valence-electron chi connectivity index (χ1n) is 7.92. The lowest BCUT2D eigenvalue weighted by atomic mass is 10.2. The molecule has 0 bridgehead atoms. The van der Waals surface area contributed by atoms with Gasteiger partial charge in [-0.25, -0.2) is 4.39 Å². The molecule has 1 fully saturated rings. The van der Waals surface area contributed by atoms with Crippen molar-refractivity contribution in [3.63, 3.8) is 0 Å². The van der Waals surface area contributed by atoms with Crippen molar-refractivity contribution in [1.82, 2.24) is 14.5 Å². The van der Waals surface area contributed by atoms with Crippen molar-refractivity contribution in [1.29, 1.82) is 0 Å². The third-order valence-electron chi connectivity index (χ3n) is 4.47. The number of fused-ring (bicyclic) bond motifs is 1. The number of aromatic nitrogens is 3. The number of anilines is 2. The molecule has 1 aliphatic rings. The molecule has 24 heavy (non-hydrogen) atoms. The molecule has 0 unspecified atom stereocenters. The predicted molar refractivity (Wildman–Crippen MR) is 92.2 cm³/mol. The second-order valence-electron chi connectivity index (χ2n) is 6.01. The van der Waals surface area contributed by atoms with Crippen molar-refractivity contribution in [2.75, 3.05) is 36.0 Å². The first-order chi connectivity index (χ1) is 11.6. The average Bonchev–Trinajstić information content (AvgIpc) is 2.97. The third kappa shape index (κ3) is 2.51. The summed E-state index contributed by atoms with van der Waals surface area (Å²) in [7, 11) is 1.88. The largest absolute Gasteiger partial charge is 0.368 e. The summed E-state index contributed by atoms with van der Waals surface area (Å²) in [5, 5.41) is 0.597. The number of aryl methyl sites for hydroxylation is 1. The van der Waals surface area contributed by atoms with Crippen molar-refractivity contribution in [2.24, 2.45) is 7.05 Å². The van der Waals surface area contributed by atoms with Crippen LogP contribution in [0.4, 0.5) is 16.0 Å². The number of nitrogens with zero attached hydrogens (tertiary/aromatic N) is 4. The molecule has 0 radical (unpaired) electrons. The van der Waals surface area contributed by atoms with E-state index in [0.717, 1.165) is 31.9 Å². The van der Waals surface area contributed by atoms with Gasteiger partial charge in [0, 0.05) is 45.1 Å². The Morgan fingerprint density at radius 2 is 1.88 bits per heavy atom. The standard InChI is InChI=1S/C17H18FN5O/c1-21-6-5-14-15(21)19-17(20-16(14)24)23-9-7-22(8-10-23)13-4-2-3-12(18)11-13/h2-6,11H,7-10H2,1H3,(H,19,20,24). The molecule has 1 saturated heterocycles. The van der Waals surface area contributed by atoms with Gasteiger partial charge in [-0.3, -0.25) is 9.78 Å². The molecule has 1 N–H and O–H groups in total. The van der Waals surface area contributed by atoms with Crippen LogP contribution in [0.5, 0.6) is 0 Å². The number of nitrogens with one attached hydrogen (secondary N) is 1. The van der Waals surface area contributed by atoms with Gasteiger partial charge in [0.1, 0.15) is 11.5 Å². The number of halogens is 1. The number of rotatable bonds is 2. The van der Waals surface area contributed by atoms with Crippen LogP contribution >= 0.6 is 0 Å². The van der Waals surface area contributed by atoms with E-state index in [1.807, 2.05) is 23.9 Å². The van der Waals surface area contributed by atoms with Gasteiger partial charge in [-0.1, -0.05) is 6.07 Å². The summed E-state index contributed by atoms with van der Waals surface area (Å²) in [6.07, 6.45) is 1.83. The molecule has 1 aromatic carbocycles. The van der Waals surface area contributed by atoms with Gasteiger partial charge in [-0.15, -0.1) is 0 Å². The zero-order valence-electron chi connectivity index (χ0n) is 13.4. The number of piperazine rings is 1. The Labute approximate surface area is 138 Å². The van der Waals surface area contributed by atoms with Crippen LogP contribution in [0.3, 0.4) is 0 Å². The maximum absolute atomic E-state index is 13.4. The normalized spacial score (nSPS) is 15.2. The summed E-state index contributed by atoms with van der Waals surface area (Å²) in [5.74, 6) is 0.364. The zero-order chi connectivity index (χ0) is 16.7.